The quantitative estimate of drug-likeness (QED) is 0.753. The highest BCUT2D eigenvalue weighted by molar-refractivity contribution is 9.10. The maximum atomic E-state index is 11.6. The zero-order valence-electron chi connectivity index (χ0n) is 12.6. The molecule has 0 saturated carbocycles. The Bertz CT molecular complexity index is 611. The second kappa shape index (κ2) is 7.79. The third-order valence-corrected chi connectivity index (χ3v) is 3.30. The fourth-order valence-corrected chi connectivity index (χ4v) is 2.04. The molecule has 0 atom stereocenters. The molecule has 22 heavy (non-hydrogen) atoms. The van der Waals surface area contributed by atoms with Crippen molar-refractivity contribution in [3.8, 4) is 0 Å². The van der Waals surface area contributed by atoms with Crippen molar-refractivity contribution in [2.45, 2.75) is 26.4 Å². The Kier molecular flexibility index (Phi) is 5.77. The number of amides is 2. The summed E-state index contributed by atoms with van der Waals surface area (Å²) >= 11 is 3.35. The number of nitrogens with one attached hydrogen (secondary N) is 3. The Balaban J connectivity index is 1.86. The smallest absolute Gasteiger partial charge is 0.319 e. The van der Waals surface area contributed by atoms with Crippen LogP contribution in [-0.4, -0.2) is 17.1 Å². The molecule has 2 aromatic rings. The second-order valence-electron chi connectivity index (χ2n) is 5.17. The molecular weight excluding hydrogens is 344 g/mol. The number of pyridine rings is 1. The van der Waals surface area contributed by atoms with E-state index in [0.29, 0.717) is 6.54 Å². The highest BCUT2D eigenvalue weighted by Gasteiger charge is 2.03. The molecular formula is C16H19BrN4O. The SMILES string of the molecule is CC(C)NC(=O)Nc1ccc(CNc2ccc(Br)cn2)cc1. The van der Waals surface area contributed by atoms with Gasteiger partial charge < -0.3 is 16.0 Å². The molecule has 0 radical (unpaired) electrons. The van der Waals surface area contributed by atoms with Gasteiger partial charge in [-0.15, -0.1) is 0 Å². The van der Waals surface area contributed by atoms with E-state index >= 15 is 0 Å². The maximum Gasteiger partial charge on any atom is 0.319 e. The van der Waals surface area contributed by atoms with Crippen molar-refractivity contribution in [3.05, 3.63) is 52.6 Å². The number of hydrogen-bond acceptors (Lipinski definition) is 3. The average Bonchev–Trinajstić information content (AvgIpc) is 2.47. The number of urea groups is 1. The van der Waals surface area contributed by atoms with E-state index in [0.717, 1.165) is 21.5 Å². The van der Waals surface area contributed by atoms with Crippen molar-refractivity contribution in [3.63, 3.8) is 0 Å². The Labute approximate surface area is 138 Å². The van der Waals surface area contributed by atoms with Gasteiger partial charge in [-0.05, 0) is 59.6 Å². The van der Waals surface area contributed by atoms with Crippen LogP contribution in [0.5, 0.6) is 0 Å². The van der Waals surface area contributed by atoms with E-state index in [-0.39, 0.29) is 12.1 Å². The first kappa shape index (κ1) is 16.3. The third kappa shape index (κ3) is 5.37. The van der Waals surface area contributed by atoms with Crippen LogP contribution in [-0.2, 0) is 6.54 Å². The van der Waals surface area contributed by atoms with E-state index < -0.39 is 0 Å². The molecule has 0 fully saturated rings. The number of benzene rings is 1. The van der Waals surface area contributed by atoms with Crippen LogP contribution >= 0.6 is 15.9 Å². The van der Waals surface area contributed by atoms with Crippen LogP contribution in [0.1, 0.15) is 19.4 Å². The summed E-state index contributed by atoms with van der Waals surface area (Å²) in [6.45, 7) is 4.52. The van der Waals surface area contributed by atoms with Gasteiger partial charge in [0.2, 0.25) is 0 Å². The third-order valence-electron chi connectivity index (χ3n) is 2.83. The largest absolute Gasteiger partial charge is 0.366 e. The van der Waals surface area contributed by atoms with Crippen LogP contribution in [0.2, 0.25) is 0 Å². The standard InChI is InChI=1S/C16H19BrN4O/c1-11(2)20-16(22)21-14-6-3-12(4-7-14)9-18-15-8-5-13(17)10-19-15/h3-8,10-11H,9H2,1-2H3,(H,18,19)(H2,20,21,22). The van der Waals surface area contributed by atoms with E-state index in [1.54, 1.807) is 6.20 Å². The molecule has 0 spiro atoms. The molecule has 0 bridgehead atoms. The summed E-state index contributed by atoms with van der Waals surface area (Å²) in [6.07, 6.45) is 1.75. The molecule has 0 aliphatic heterocycles. The molecule has 6 heteroatoms. The Morgan fingerprint density at radius 2 is 1.91 bits per heavy atom. The lowest BCUT2D eigenvalue weighted by molar-refractivity contribution is 0.250. The van der Waals surface area contributed by atoms with Gasteiger partial charge >= 0.3 is 6.03 Å². The summed E-state index contributed by atoms with van der Waals surface area (Å²) in [5.41, 5.74) is 1.88. The second-order valence-corrected chi connectivity index (χ2v) is 6.08. The molecule has 1 heterocycles. The first-order valence-corrected chi connectivity index (χ1v) is 7.84. The zero-order chi connectivity index (χ0) is 15.9. The van der Waals surface area contributed by atoms with Crippen molar-refractivity contribution >= 4 is 33.5 Å². The van der Waals surface area contributed by atoms with Gasteiger partial charge in [-0.2, -0.15) is 0 Å². The zero-order valence-corrected chi connectivity index (χ0v) is 14.1. The number of halogens is 1. The summed E-state index contributed by atoms with van der Waals surface area (Å²) < 4.78 is 0.952. The summed E-state index contributed by atoms with van der Waals surface area (Å²) in [5.74, 6) is 0.821. The highest BCUT2D eigenvalue weighted by atomic mass is 79.9. The molecule has 1 aromatic heterocycles. The minimum absolute atomic E-state index is 0.113. The lowest BCUT2D eigenvalue weighted by atomic mass is 10.2. The van der Waals surface area contributed by atoms with Gasteiger partial charge in [0, 0.05) is 28.9 Å². The van der Waals surface area contributed by atoms with E-state index in [9.17, 15) is 4.79 Å². The van der Waals surface area contributed by atoms with Crippen molar-refractivity contribution in [2.75, 3.05) is 10.6 Å². The predicted octanol–water partition coefficient (Wildman–Crippen LogP) is 3.99. The van der Waals surface area contributed by atoms with E-state index in [1.807, 2.05) is 50.2 Å². The van der Waals surface area contributed by atoms with Crippen LogP contribution in [0.3, 0.4) is 0 Å². The Hall–Kier alpha value is -2.08. The van der Waals surface area contributed by atoms with Crippen molar-refractivity contribution < 1.29 is 4.79 Å². The molecule has 3 N–H and O–H groups in total. The van der Waals surface area contributed by atoms with Gasteiger partial charge in [-0.1, -0.05) is 12.1 Å². The Morgan fingerprint density at radius 3 is 2.50 bits per heavy atom. The molecule has 116 valence electrons. The normalized spacial score (nSPS) is 10.4. The lowest BCUT2D eigenvalue weighted by Crippen LogP contribution is -2.34. The molecule has 0 saturated heterocycles. The van der Waals surface area contributed by atoms with Gasteiger partial charge in [0.15, 0.2) is 0 Å². The van der Waals surface area contributed by atoms with Gasteiger partial charge in [-0.25, -0.2) is 9.78 Å². The van der Waals surface area contributed by atoms with Crippen LogP contribution < -0.4 is 16.0 Å². The monoisotopic (exact) mass is 362 g/mol. The highest BCUT2D eigenvalue weighted by Crippen LogP contribution is 2.13. The predicted molar refractivity (Wildman–Crippen MR) is 93.0 cm³/mol. The molecule has 2 amide bonds. The molecule has 0 aliphatic carbocycles. The fraction of sp³-hybridized carbons (Fsp3) is 0.250. The summed E-state index contributed by atoms with van der Waals surface area (Å²) in [4.78, 5) is 15.9. The first-order valence-electron chi connectivity index (χ1n) is 7.05. The van der Waals surface area contributed by atoms with Crippen LogP contribution in [0.4, 0.5) is 16.3 Å². The van der Waals surface area contributed by atoms with E-state index in [1.165, 1.54) is 0 Å². The lowest BCUT2D eigenvalue weighted by Gasteiger charge is -2.11. The van der Waals surface area contributed by atoms with E-state index in [2.05, 4.69) is 36.9 Å². The van der Waals surface area contributed by atoms with Crippen molar-refractivity contribution in [2.24, 2.45) is 0 Å². The number of aromatic nitrogens is 1. The first-order chi connectivity index (χ1) is 10.5. The van der Waals surface area contributed by atoms with Crippen LogP contribution in [0.25, 0.3) is 0 Å². The average molecular weight is 363 g/mol. The number of carbonyl (C=O) groups excluding carboxylic acids is 1. The maximum absolute atomic E-state index is 11.6. The number of hydrogen-bond donors (Lipinski definition) is 3. The van der Waals surface area contributed by atoms with Crippen molar-refractivity contribution in [1.29, 1.82) is 0 Å². The minimum atomic E-state index is -0.195. The minimum Gasteiger partial charge on any atom is -0.366 e. The van der Waals surface area contributed by atoms with Gasteiger partial charge in [0.05, 0.1) is 0 Å². The summed E-state index contributed by atoms with van der Waals surface area (Å²) in [5, 5.41) is 8.82. The Morgan fingerprint density at radius 1 is 1.18 bits per heavy atom. The molecule has 2 rings (SSSR count). The molecule has 5 nitrogen and oxygen atoms in total. The van der Waals surface area contributed by atoms with Crippen LogP contribution in [0, 0.1) is 0 Å². The summed E-state index contributed by atoms with van der Waals surface area (Å²) in [6, 6.07) is 11.5. The number of carbonyl (C=O) groups is 1. The summed E-state index contributed by atoms with van der Waals surface area (Å²) in [7, 11) is 0. The fourth-order valence-electron chi connectivity index (χ4n) is 1.81. The van der Waals surface area contributed by atoms with Gasteiger partial charge in [0.1, 0.15) is 5.82 Å². The van der Waals surface area contributed by atoms with Crippen LogP contribution in [0.15, 0.2) is 47.1 Å². The molecule has 0 unspecified atom stereocenters. The van der Waals surface area contributed by atoms with Gasteiger partial charge in [-0.3, -0.25) is 0 Å². The number of rotatable bonds is 5. The molecule has 1 aromatic carbocycles. The van der Waals surface area contributed by atoms with Gasteiger partial charge in [0.25, 0.3) is 0 Å². The van der Waals surface area contributed by atoms with Crippen molar-refractivity contribution in [1.82, 2.24) is 10.3 Å². The molecule has 0 aliphatic rings. The number of nitrogens with zero attached hydrogens (tertiary/aromatic N) is 1. The van der Waals surface area contributed by atoms with E-state index in [4.69, 9.17) is 0 Å². The topological polar surface area (TPSA) is 66.1 Å². The number of anilines is 2.